The maximum Gasteiger partial charge on any atom is 0.246 e. The largest absolute Gasteiger partial charge is 0.285 e. The van der Waals surface area contributed by atoms with Gasteiger partial charge in [-0.1, -0.05) is 85.1 Å². The van der Waals surface area contributed by atoms with Gasteiger partial charge in [0.25, 0.3) is 0 Å². The molecule has 146 valence electrons. The maximum absolute atomic E-state index is 12.4. The van der Waals surface area contributed by atoms with Gasteiger partial charge in [0.15, 0.2) is 0 Å². The summed E-state index contributed by atoms with van der Waals surface area (Å²) in [6.07, 6.45) is 0.0555. The van der Waals surface area contributed by atoms with Gasteiger partial charge in [-0.2, -0.15) is 0 Å². The lowest BCUT2D eigenvalue weighted by molar-refractivity contribution is -0.122. The molecule has 0 saturated heterocycles. The number of thiocarbonyl (C=S) groups is 2. The summed E-state index contributed by atoms with van der Waals surface area (Å²) in [5.74, 6) is 0.241. The Labute approximate surface area is 176 Å². The fraction of sp³-hybridized carbons (Fsp3) is 0.200. The second-order valence-electron chi connectivity index (χ2n) is 5.95. The summed E-state index contributed by atoms with van der Waals surface area (Å²) in [4.78, 5) is 17.7. The van der Waals surface area contributed by atoms with Crippen LogP contribution in [0, 0.1) is 0 Å². The molecule has 1 amide bonds. The van der Waals surface area contributed by atoms with Crippen LogP contribution in [0.4, 0.5) is 0 Å². The second-order valence-corrected chi connectivity index (χ2v) is 6.73. The molecule has 0 spiro atoms. The number of nitrogens with zero attached hydrogens (tertiary/aromatic N) is 3. The van der Waals surface area contributed by atoms with Crippen LogP contribution in [-0.4, -0.2) is 52.9 Å². The van der Waals surface area contributed by atoms with Gasteiger partial charge in [0.05, 0.1) is 6.42 Å². The van der Waals surface area contributed by atoms with Crippen molar-refractivity contribution >= 4 is 46.2 Å². The van der Waals surface area contributed by atoms with E-state index in [0.717, 1.165) is 11.1 Å². The van der Waals surface area contributed by atoms with E-state index >= 15 is 0 Å². The van der Waals surface area contributed by atoms with E-state index in [-0.39, 0.29) is 12.3 Å². The first-order chi connectivity index (χ1) is 13.4. The SMILES string of the molecule is CN=C(CC(=O)NN(C)C(=S)c1ccccc1)NN(C)C(=S)c1ccccc1. The van der Waals surface area contributed by atoms with Crippen LogP contribution in [0.25, 0.3) is 0 Å². The molecule has 0 unspecified atom stereocenters. The minimum atomic E-state index is -0.243. The summed E-state index contributed by atoms with van der Waals surface area (Å²) in [6, 6.07) is 19.1. The van der Waals surface area contributed by atoms with E-state index in [2.05, 4.69) is 15.8 Å². The summed E-state index contributed by atoms with van der Waals surface area (Å²) in [6.45, 7) is 0. The number of amides is 1. The predicted octanol–water partition coefficient (Wildman–Crippen LogP) is 2.56. The third-order valence-corrected chi connectivity index (χ3v) is 4.86. The smallest absolute Gasteiger partial charge is 0.246 e. The van der Waals surface area contributed by atoms with Crippen molar-refractivity contribution in [3.8, 4) is 0 Å². The average Bonchev–Trinajstić information content (AvgIpc) is 2.73. The molecule has 0 atom stereocenters. The lowest BCUT2D eigenvalue weighted by Crippen LogP contribution is -2.47. The maximum atomic E-state index is 12.4. The Balaban J connectivity index is 1.90. The molecule has 2 N–H and O–H groups in total. The fourth-order valence-electron chi connectivity index (χ4n) is 2.39. The number of hydrogen-bond acceptors (Lipinski definition) is 4. The van der Waals surface area contributed by atoms with E-state index < -0.39 is 0 Å². The van der Waals surface area contributed by atoms with E-state index in [1.54, 1.807) is 26.2 Å². The van der Waals surface area contributed by atoms with Crippen molar-refractivity contribution in [2.75, 3.05) is 21.1 Å². The lowest BCUT2D eigenvalue weighted by Gasteiger charge is -2.24. The Kier molecular flexibility index (Phi) is 8.03. The minimum absolute atomic E-state index is 0.0555. The zero-order valence-corrected chi connectivity index (χ0v) is 17.7. The van der Waals surface area contributed by atoms with Gasteiger partial charge in [0.1, 0.15) is 15.8 Å². The normalized spacial score (nSPS) is 10.8. The first-order valence-electron chi connectivity index (χ1n) is 8.60. The van der Waals surface area contributed by atoms with E-state index in [9.17, 15) is 4.79 Å². The highest BCUT2D eigenvalue weighted by atomic mass is 32.1. The predicted molar refractivity (Wildman–Crippen MR) is 121 cm³/mol. The quantitative estimate of drug-likeness (QED) is 0.348. The fourth-order valence-corrected chi connectivity index (χ4v) is 2.75. The number of hydrogen-bond donors (Lipinski definition) is 2. The molecule has 2 rings (SSSR count). The molecular weight excluding hydrogens is 390 g/mol. The number of aliphatic imine (C=N–C) groups is 1. The van der Waals surface area contributed by atoms with Gasteiger partial charge in [-0.05, 0) is 0 Å². The molecular formula is C20H23N5OS2. The molecule has 2 aromatic carbocycles. The van der Waals surface area contributed by atoms with Gasteiger partial charge in [-0.25, -0.2) is 0 Å². The molecule has 0 aromatic heterocycles. The lowest BCUT2D eigenvalue weighted by atomic mass is 10.2. The number of amidine groups is 1. The molecule has 6 nitrogen and oxygen atoms in total. The first kappa shape index (κ1) is 21.5. The van der Waals surface area contributed by atoms with Crippen LogP contribution < -0.4 is 10.9 Å². The van der Waals surface area contributed by atoms with E-state index in [1.807, 2.05) is 60.7 Å². The molecule has 8 heteroatoms. The summed E-state index contributed by atoms with van der Waals surface area (Å²) in [7, 11) is 5.11. The van der Waals surface area contributed by atoms with Crippen molar-refractivity contribution in [1.29, 1.82) is 0 Å². The van der Waals surface area contributed by atoms with E-state index in [4.69, 9.17) is 24.4 Å². The van der Waals surface area contributed by atoms with Crippen LogP contribution in [0.15, 0.2) is 65.7 Å². The number of carbonyl (C=O) groups excluding carboxylic acids is 1. The standard InChI is InChI=1S/C20H23N5OS2/c1-21-17(22-24(2)19(27)15-10-6-4-7-11-15)14-18(26)23-25(3)20(28)16-12-8-5-9-13-16/h4-13H,14H2,1-3H3,(H,21,22)(H,23,26). The Morgan fingerprint density at radius 2 is 1.29 bits per heavy atom. The number of carbonyl (C=O) groups is 1. The Morgan fingerprint density at radius 1 is 0.857 bits per heavy atom. The Morgan fingerprint density at radius 3 is 1.71 bits per heavy atom. The van der Waals surface area contributed by atoms with Crippen molar-refractivity contribution in [1.82, 2.24) is 20.9 Å². The molecule has 0 heterocycles. The number of hydrazine groups is 2. The number of nitrogens with one attached hydrogen (secondary N) is 2. The van der Waals surface area contributed by atoms with Crippen LogP contribution >= 0.6 is 24.4 Å². The van der Waals surface area contributed by atoms with Gasteiger partial charge < -0.3 is 0 Å². The molecule has 28 heavy (non-hydrogen) atoms. The monoisotopic (exact) mass is 413 g/mol. The molecule has 0 radical (unpaired) electrons. The molecule has 0 aliphatic carbocycles. The van der Waals surface area contributed by atoms with Crippen molar-refractivity contribution in [2.24, 2.45) is 4.99 Å². The molecule has 2 aromatic rings. The highest BCUT2D eigenvalue weighted by Gasteiger charge is 2.15. The van der Waals surface area contributed by atoms with Gasteiger partial charge >= 0.3 is 0 Å². The van der Waals surface area contributed by atoms with Gasteiger partial charge in [0.2, 0.25) is 5.91 Å². The van der Waals surface area contributed by atoms with E-state index in [1.165, 1.54) is 5.01 Å². The van der Waals surface area contributed by atoms with Crippen molar-refractivity contribution in [3.63, 3.8) is 0 Å². The van der Waals surface area contributed by atoms with Crippen molar-refractivity contribution < 1.29 is 4.79 Å². The van der Waals surface area contributed by atoms with Gasteiger partial charge in [-0.15, -0.1) is 0 Å². The molecule has 0 aliphatic rings. The van der Waals surface area contributed by atoms with Crippen LogP contribution in [0.5, 0.6) is 0 Å². The van der Waals surface area contributed by atoms with Crippen LogP contribution in [0.1, 0.15) is 17.5 Å². The zero-order valence-electron chi connectivity index (χ0n) is 16.0. The van der Waals surface area contributed by atoms with Crippen molar-refractivity contribution in [2.45, 2.75) is 6.42 Å². The average molecular weight is 414 g/mol. The second kappa shape index (κ2) is 10.5. The van der Waals surface area contributed by atoms with Crippen LogP contribution in [0.3, 0.4) is 0 Å². The Bertz CT molecular complexity index is 855. The molecule has 0 aliphatic heterocycles. The van der Waals surface area contributed by atoms with Gasteiger partial charge in [-0.3, -0.25) is 30.7 Å². The number of benzene rings is 2. The highest BCUT2D eigenvalue weighted by molar-refractivity contribution is 7.80. The summed E-state index contributed by atoms with van der Waals surface area (Å²) < 4.78 is 0. The topological polar surface area (TPSA) is 60.0 Å². The third kappa shape index (κ3) is 6.11. The van der Waals surface area contributed by atoms with Crippen LogP contribution in [-0.2, 0) is 4.79 Å². The molecule has 0 fully saturated rings. The summed E-state index contributed by atoms with van der Waals surface area (Å²) in [5.41, 5.74) is 7.58. The Hall–Kier alpha value is -2.84. The highest BCUT2D eigenvalue weighted by Crippen LogP contribution is 2.05. The summed E-state index contributed by atoms with van der Waals surface area (Å²) >= 11 is 10.9. The number of rotatable bonds is 4. The van der Waals surface area contributed by atoms with Gasteiger partial charge in [0, 0.05) is 32.3 Å². The summed E-state index contributed by atoms with van der Waals surface area (Å²) in [5, 5.41) is 3.19. The first-order valence-corrected chi connectivity index (χ1v) is 9.42. The van der Waals surface area contributed by atoms with Crippen LogP contribution in [0.2, 0.25) is 0 Å². The van der Waals surface area contributed by atoms with Crippen molar-refractivity contribution in [3.05, 3.63) is 71.8 Å². The minimum Gasteiger partial charge on any atom is -0.285 e. The third-order valence-electron chi connectivity index (χ3n) is 3.84. The zero-order chi connectivity index (χ0) is 20.5. The molecule has 0 saturated carbocycles. The molecule has 0 bridgehead atoms. The van der Waals surface area contributed by atoms with E-state index in [0.29, 0.717) is 15.8 Å².